The third kappa shape index (κ3) is 1.88. The minimum Gasteiger partial charge on any atom is -0.396 e. The van der Waals surface area contributed by atoms with Gasteiger partial charge in [0.05, 0.1) is 6.10 Å². The molecule has 2 bridgehead atoms. The predicted molar refractivity (Wildman–Crippen MR) is 90.1 cm³/mol. The molecule has 4 aliphatic rings. The van der Waals surface area contributed by atoms with Gasteiger partial charge in [0, 0.05) is 30.8 Å². The number of aliphatic hydroxyl groups is 2. The highest BCUT2D eigenvalue weighted by Gasteiger charge is 2.68. The third-order valence-electron chi connectivity index (χ3n) is 7.69. The summed E-state index contributed by atoms with van der Waals surface area (Å²) in [5.41, 5.74) is 1.90. The number of Topliss-reactive ketones (excluding diaryl/α,β-unsaturated/α-hetero) is 1. The zero-order valence-corrected chi connectivity index (χ0v) is 15.3. The van der Waals surface area contributed by atoms with Crippen LogP contribution < -0.4 is 0 Å². The maximum atomic E-state index is 12.8. The molecule has 134 valence electrons. The fourth-order valence-electron chi connectivity index (χ4n) is 6.26. The Kier molecular flexibility index (Phi) is 3.44. The Balaban J connectivity index is 1.87. The van der Waals surface area contributed by atoms with Crippen LogP contribution >= 0.6 is 0 Å². The molecule has 2 aliphatic heterocycles. The van der Waals surface area contributed by atoms with Crippen molar-refractivity contribution >= 4 is 5.78 Å². The van der Waals surface area contributed by atoms with Crippen LogP contribution in [-0.2, 0) is 9.53 Å². The molecule has 0 aromatic heterocycles. The first kappa shape index (κ1) is 16.7. The minimum atomic E-state index is -1.17. The molecule has 0 aromatic carbocycles. The van der Waals surface area contributed by atoms with Gasteiger partial charge in [0.2, 0.25) is 0 Å². The number of ether oxygens (including phenoxy) is 1. The van der Waals surface area contributed by atoms with Crippen molar-refractivity contribution in [3.05, 3.63) is 11.1 Å². The Bertz CT molecular complexity index is 623. The summed E-state index contributed by atoms with van der Waals surface area (Å²) >= 11 is 0. The molecule has 0 amide bonds. The lowest BCUT2D eigenvalue weighted by molar-refractivity contribution is -0.304. The lowest BCUT2D eigenvalue weighted by Crippen LogP contribution is -2.58. The summed E-state index contributed by atoms with van der Waals surface area (Å²) in [6.07, 6.45) is 3.65. The van der Waals surface area contributed by atoms with Gasteiger partial charge in [-0.1, -0.05) is 33.3 Å². The van der Waals surface area contributed by atoms with E-state index in [1.807, 2.05) is 0 Å². The van der Waals surface area contributed by atoms with Crippen LogP contribution in [-0.4, -0.2) is 34.5 Å². The second-order valence-electron chi connectivity index (χ2n) is 9.44. The summed E-state index contributed by atoms with van der Waals surface area (Å²) in [4.78, 5) is 12.8. The van der Waals surface area contributed by atoms with E-state index in [1.165, 1.54) is 5.57 Å². The monoisotopic (exact) mass is 334 g/mol. The summed E-state index contributed by atoms with van der Waals surface area (Å²) < 4.78 is 6.05. The summed E-state index contributed by atoms with van der Waals surface area (Å²) in [5.74, 6) is -0.461. The van der Waals surface area contributed by atoms with Gasteiger partial charge in [-0.15, -0.1) is 0 Å². The first-order valence-corrected chi connectivity index (χ1v) is 9.44. The second-order valence-corrected chi connectivity index (χ2v) is 9.44. The summed E-state index contributed by atoms with van der Waals surface area (Å²) in [6.45, 7) is 8.65. The van der Waals surface area contributed by atoms with E-state index >= 15 is 0 Å². The van der Waals surface area contributed by atoms with Crippen LogP contribution in [0.1, 0.15) is 59.8 Å². The van der Waals surface area contributed by atoms with Crippen LogP contribution in [0.4, 0.5) is 0 Å². The van der Waals surface area contributed by atoms with E-state index in [-0.39, 0.29) is 41.3 Å². The summed E-state index contributed by atoms with van der Waals surface area (Å²) in [6, 6.07) is 0. The van der Waals surface area contributed by atoms with Gasteiger partial charge in [0.1, 0.15) is 0 Å². The smallest absolute Gasteiger partial charge is 0.172 e. The van der Waals surface area contributed by atoms with Gasteiger partial charge < -0.3 is 14.9 Å². The van der Waals surface area contributed by atoms with Crippen molar-refractivity contribution in [1.82, 2.24) is 0 Å². The zero-order valence-electron chi connectivity index (χ0n) is 15.3. The molecule has 2 heterocycles. The van der Waals surface area contributed by atoms with Crippen molar-refractivity contribution in [2.45, 2.75) is 71.7 Å². The number of aliphatic hydroxyl groups excluding tert-OH is 1. The number of carbonyl (C=O) groups is 1. The average Bonchev–Trinajstić information content (AvgIpc) is 2.94. The zero-order chi connectivity index (χ0) is 17.5. The average molecular weight is 334 g/mol. The Morgan fingerprint density at radius 1 is 1.29 bits per heavy atom. The number of carbonyl (C=O) groups excluding carboxylic acids is 1. The maximum absolute atomic E-state index is 12.8. The number of ketones is 1. The summed E-state index contributed by atoms with van der Waals surface area (Å²) in [5, 5.41) is 21.0. The number of rotatable bonds is 2. The van der Waals surface area contributed by atoms with Gasteiger partial charge in [-0.25, -0.2) is 0 Å². The van der Waals surface area contributed by atoms with Gasteiger partial charge in [-0.3, -0.25) is 4.79 Å². The predicted octanol–water partition coefficient (Wildman–Crippen LogP) is 2.82. The second kappa shape index (κ2) is 4.93. The molecule has 2 aliphatic carbocycles. The van der Waals surface area contributed by atoms with Crippen molar-refractivity contribution in [3.63, 3.8) is 0 Å². The molecule has 0 aromatic rings. The molecule has 4 rings (SSSR count). The third-order valence-corrected chi connectivity index (χ3v) is 7.69. The van der Waals surface area contributed by atoms with Crippen LogP contribution in [0.5, 0.6) is 0 Å². The van der Waals surface area contributed by atoms with Crippen LogP contribution in [0, 0.1) is 28.6 Å². The molecule has 1 saturated carbocycles. The molecule has 0 radical (unpaired) electrons. The normalized spacial score (nSPS) is 50.5. The van der Waals surface area contributed by atoms with Crippen molar-refractivity contribution in [1.29, 1.82) is 0 Å². The van der Waals surface area contributed by atoms with Gasteiger partial charge in [-0.2, -0.15) is 0 Å². The van der Waals surface area contributed by atoms with E-state index in [0.717, 1.165) is 24.8 Å². The molecule has 2 saturated heterocycles. The van der Waals surface area contributed by atoms with Crippen LogP contribution in [0.25, 0.3) is 0 Å². The van der Waals surface area contributed by atoms with E-state index in [4.69, 9.17) is 4.74 Å². The molecule has 4 heteroatoms. The SMILES string of the molecule is CC(C)C1=C2[C@H]3C[C@H]4O[C@](O)(C[C@@H]4CO)[C@]3(C)CC[C@@]2(C)CC1=O. The van der Waals surface area contributed by atoms with Gasteiger partial charge in [-0.05, 0) is 42.1 Å². The highest BCUT2D eigenvalue weighted by Crippen LogP contribution is 2.68. The Morgan fingerprint density at radius 3 is 2.62 bits per heavy atom. The molecule has 2 N–H and O–H groups in total. The van der Waals surface area contributed by atoms with Crippen molar-refractivity contribution in [3.8, 4) is 0 Å². The molecule has 6 atom stereocenters. The van der Waals surface area contributed by atoms with E-state index in [2.05, 4.69) is 27.7 Å². The Morgan fingerprint density at radius 2 is 2.00 bits per heavy atom. The fourth-order valence-corrected chi connectivity index (χ4v) is 6.26. The molecular weight excluding hydrogens is 304 g/mol. The Labute approximate surface area is 144 Å². The molecular formula is C20H30O4. The number of hydrogen-bond donors (Lipinski definition) is 2. The largest absolute Gasteiger partial charge is 0.396 e. The fraction of sp³-hybridized carbons (Fsp3) is 0.850. The molecule has 4 nitrogen and oxygen atoms in total. The Hall–Kier alpha value is -0.710. The minimum absolute atomic E-state index is 0.00360. The highest BCUT2D eigenvalue weighted by atomic mass is 16.6. The number of fused-ring (bicyclic) bond motifs is 6. The molecule has 0 spiro atoms. The standard InChI is InChI=1S/C20H30O4/c1-11(2)16-14(22)9-18(3)5-6-19(4)13(17(16)18)7-15-12(10-21)8-20(19,23)24-15/h11-13,15,21,23H,5-10H2,1-4H3/t12-,13-,15-,18+,19-,20-/m1/s1. The lowest BCUT2D eigenvalue weighted by atomic mass is 9.52. The number of allylic oxidation sites excluding steroid dienone is 2. The van der Waals surface area contributed by atoms with Crippen LogP contribution in [0.2, 0.25) is 0 Å². The van der Waals surface area contributed by atoms with E-state index < -0.39 is 5.79 Å². The molecule has 3 fully saturated rings. The number of hydrogen-bond acceptors (Lipinski definition) is 4. The van der Waals surface area contributed by atoms with E-state index in [0.29, 0.717) is 18.6 Å². The van der Waals surface area contributed by atoms with E-state index in [9.17, 15) is 15.0 Å². The van der Waals surface area contributed by atoms with Crippen molar-refractivity contribution in [2.75, 3.05) is 6.61 Å². The van der Waals surface area contributed by atoms with Crippen molar-refractivity contribution < 1.29 is 19.7 Å². The quantitative estimate of drug-likeness (QED) is 0.815. The van der Waals surface area contributed by atoms with Crippen molar-refractivity contribution in [2.24, 2.45) is 28.6 Å². The van der Waals surface area contributed by atoms with Crippen LogP contribution in [0.3, 0.4) is 0 Å². The van der Waals surface area contributed by atoms with Crippen LogP contribution in [0.15, 0.2) is 11.1 Å². The first-order valence-electron chi connectivity index (χ1n) is 9.44. The van der Waals surface area contributed by atoms with E-state index in [1.54, 1.807) is 0 Å². The highest BCUT2D eigenvalue weighted by molar-refractivity contribution is 6.00. The first-order chi connectivity index (χ1) is 11.2. The van der Waals surface area contributed by atoms with Gasteiger partial charge in [0.25, 0.3) is 0 Å². The van der Waals surface area contributed by atoms with Gasteiger partial charge >= 0.3 is 0 Å². The van der Waals surface area contributed by atoms with Gasteiger partial charge in [0.15, 0.2) is 11.6 Å². The molecule has 0 unspecified atom stereocenters. The maximum Gasteiger partial charge on any atom is 0.172 e. The lowest BCUT2D eigenvalue weighted by Gasteiger charge is -2.57. The summed E-state index contributed by atoms with van der Waals surface area (Å²) in [7, 11) is 0. The topological polar surface area (TPSA) is 66.8 Å². The molecule has 24 heavy (non-hydrogen) atoms.